The van der Waals surface area contributed by atoms with Crippen molar-refractivity contribution in [3.05, 3.63) is 45.2 Å². The first-order chi connectivity index (χ1) is 7.11. The zero-order valence-corrected chi connectivity index (χ0v) is 8.79. The molecule has 1 aromatic carbocycles. The molecule has 0 saturated carbocycles. The Hall–Kier alpha value is -1.61. The molecule has 0 radical (unpaired) electrons. The quantitative estimate of drug-likeness (QED) is 0.740. The van der Waals surface area contributed by atoms with Gasteiger partial charge in [-0.3, -0.25) is 4.79 Å². The van der Waals surface area contributed by atoms with Crippen molar-refractivity contribution in [3.8, 4) is 0 Å². The van der Waals surface area contributed by atoms with Gasteiger partial charge in [0.05, 0.1) is 6.61 Å². The molecule has 3 nitrogen and oxygen atoms in total. The number of aryl methyl sites for hydroxylation is 2. The Morgan fingerprint density at radius 1 is 1.27 bits per heavy atom. The van der Waals surface area contributed by atoms with Crippen molar-refractivity contribution in [2.24, 2.45) is 0 Å². The number of aromatic nitrogens is 1. The highest BCUT2D eigenvalue weighted by atomic mass is 16.3. The molecule has 3 heteroatoms. The minimum absolute atomic E-state index is 0.213. The summed E-state index contributed by atoms with van der Waals surface area (Å²) in [5, 5.41) is 9.99. The van der Waals surface area contributed by atoms with Gasteiger partial charge in [0, 0.05) is 16.5 Å². The van der Waals surface area contributed by atoms with Crippen molar-refractivity contribution in [1.29, 1.82) is 0 Å². The fourth-order valence-electron chi connectivity index (χ4n) is 1.83. The summed E-state index contributed by atoms with van der Waals surface area (Å²) in [4.78, 5) is 14.2. The molecular weight excluding hydrogens is 190 g/mol. The Bertz CT molecular complexity index is 570. The predicted octanol–water partition coefficient (Wildman–Crippen LogP) is 1.64. The molecule has 1 aromatic heterocycles. The monoisotopic (exact) mass is 203 g/mol. The number of fused-ring (bicyclic) bond motifs is 1. The molecule has 2 rings (SSSR count). The fraction of sp³-hybridized carbons (Fsp3) is 0.250. The van der Waals surface area contributed by atoms with Crippen LogP contribution in [0.25, 0.3) is 10.9 Å². The highest BCUT2D eigenvalue weighted by Crippen LogP contribution is 2.18. The van der Waals surface area contributed by atoms with E-state index >= 15 is 0 Å². The van der Waals surface area contributed by atoms with Gasteiger partial charge in [0.2, 0.25) is 0 Å². The van der Waals surface area contributed by atoms with Crippen LogP contribution < -0.4 is 5.56 Å². The number of hydrogen-bond acceptors (Lipinski definition) is 2. The van der Waals surface area contributed by atoms with Crippen LogP contribution in [0.3, 0.4) is 0 Å². The summed E-state index contributed by atoms with van der Waals surface area (Å²) in [7, 11) is 0. The third-order valence-corrected chi connectivity index (χ3v) is 2.56. The molecule has 0 spiro atoms. The van der Waals surface area contributed by atoms with E-state index in [1.165, 1.54) is 0 Å². The van der Waals surface area contributed by atoms with E-state index in [4.69, 9.17) is 5.11 Å². The van der Waals surface area contributed by atoms with Gasteiger partial charge in [-0.1, -0.05) is 6.07 Å². The van der Waals surface area contributed by atoms with Gasteiger partial charge in [-0.05, 0) is 37.1 Å². The maximum atomic E-state index is 11.5. The summed E-state index contributed by atoms with van der Waals surface area (Å²) in [5.41, 5.74) is 3.25. The van der Waals surface area contributed by atoms with Crippen molar-refractivity contribution in [1.82, 2.24) is 4.98 Å². The van der Waals surface area contributed by atoms with E-state index < -0.39 is 0 Å². The minimum atomic E-state index is -0.224. The number of hydrogen-bond donors (Lipinski definition) is 2. The third kappa shape index (κ3) is 1.66. The molecule has 0 aliphatic rings. The number of nitrogens with one attached hydrogen (secondary N) is 1. The van der Waals surface area contributed by atoms with E-state index in [1.54, 1.807) is 6.07 Å². The fourth-order valence-corrected chi connectivity index (χ4v) is 1.83. The molecule has 0 fully saturated rings. The number of rotatable bonds is 1. The van der Waals surface area contributed by atoms with E-state index in [1.807, 2.05) is 19.9 Å². The Labute approximate surface area is 87.4 Å². The molecule has 0 atom stereocenters. The van der Waals surface area contributed by atoms with Crippen LogP contribution in [-0.2, 0) is 6.61 Å². The molecule has 0 saturated heterocycles. The third-order valence-electron chi connectivity index (χ3n) is 2.56. The smallest absolute Gasteiger partial charge is 0.253 e. The van der Waals surface area contributed by atoms with Crippen LogP contribution in [0.15, 0.2) is 23.0 Å². The molecule has 0 aliphatic carbocycles. The number of aliphatic hydroxyl groups is 1. The van der Waals surface area contributed by atoms with E-state index in [9.17, 15) is 4.79 Å². The van der Waals surface area contributed by atoms with Gasteiger partial charge in [0.15, 0.2) is 0 Å². The normalized spacial score (nSPS) is 10.9. The number of aliphatic hydroxyl groups excluding tert-OH is 1. The maximum absolute atomic E-state index is 11.5. The molecular formula is C12H13NO2. The second kappa shape index (κ2) is 3.51. The number of pyridine rings is 1. The van der Waals surface area contributed by atoms with E-state index in [0.717, 1.165) is 22.0 Å². The average Bonchev–Trinajstić information content (AvgIpc) is 2.16. The van der Waals surface area contributed by atoms with Crippen molar-refractivity contribution < 1.29 is 5.11 Å². The molecule has 0 bridgehead atoms. The molecule has 2 aromatic rings. The highest BCUT2D eigenvalue weighted by Gasteiger charge is 2.04. The first-order valence-electron chi connectivity index (χ1n) is 4.86. The molecule has 2 N–H and O–H groups in total. The number of H-pyrrole nitrogens is 1. The standard InChI is InChI=1S/C12H13NO2/c1-7-3-8(2)10-5-9(6-14)12(15)13-11(10)4-7/h3-5,14H,6H2,1-2H3,(H,13,15). The van der Waals surface area contributed by atoms with Crippen LogP contribution in [0, 0.1) is 13.8 Å². The number of aromatic amines is 1. The summed E-state index contributed by atoms with van der Waals surface area (Å²) < 4.78 is 0. The van der Waals surface area contributed by atoms with E-state index in [2.05, 4.69) is 11.1 Å². The van der Waals surface area contributed by atoms with Gasteiger partial charge in [-0.15, -0.1) is 0 Å². The first kappa shape index (κ1) is 9.93. The van der Waals surface area contributed by atoms with Crippen LogP contribution >= 0.6 is 0 Å². The minimum Gasteiger partial charge on any atom is -0.391 e. The highest BCUT2D eigenvalue weighted by molar-refractivity contribution is 5.83. The largest absolute Gasteiger partial charge is 0.391 e. The molecule has 0 aliphatic heterocycles. The van der Waals surface area contributed by atoms with Crippen LogP contribution in [-0.4, -0.2) is 10.1 Å². The summed E-state index contributed by atoms with van der Waals surface area (Å²) in [6.07, 6.45) is 0. The molecule has 1 heterocycles. The van der Waals surface area contributed by atoms with Gasteiger partial charge in [0.25, 0.3) is 5.56 Å². The van der Waals surface area contributed by atoms with Gasteiger partial charge < -0.3 is 10.1 Å². The van der Waals surface area contributed by atoms with Crippen LogP contribution in [0.4, 0.5) is 0 Å². The topological polar surface area (TPSA) is 53.1 Å². The second-order valence-corrected chi connectivity index (χ2v) is 3.82. The maximum Gasteiger partial charge on any atom is 0.253 e. The van der Waals surface area contributed by atoms with Crippen molar-refractivity contribution in [3.63, 3.8) is 0 Å². The van der Waals surface area contributed by atoms with Gasteiger partial charge in [-0.2, -0.15) is 0 Å². The van der Waals surface area contributed by atoms with E-state index in [0.29, 0.717) is 5.56 Å². The predicted molar refractivity (Wildman–Crippen MR) is 60.0 cm³/mol. The van der Waals surface area contributed by atoms with E-state index in [-0.39, 0.29) is 12.2 Å². The SMILES string of the molecule is Cc1cc(C)c2cc(CO)c(=O)[nH]c2c1. The average molecular weight is 203 g/mol. The number of benzene rings is 1. The molecule has 0 amide bonds. The zero-order chi connectivity index (χ0) is 11.0. The summed E-state index contributed by atoms with van der Waals surface area (Å²) >= 11 is 0. The Morgan fingerprint density at radius 2 is 2.00 bits per heavy atom. The van der Waals surface area contributed by atoms with Crippen molar-refractivity contribution in [2.75, 3.05) is 0 Å². The first-order valence-corrected chi connectivity index (χ1v) is 4.86. The second-order valence-electron chi connectivity index (χ2n) is 3.82. The Balaban J connectivity index is 2.87. The van der Waals surface area contributed by atoms with Crippen molar-refractivity contribution >= 4 is 10.9 Å². The summed E-state index contributed by atoms with van der Waals surface area (Å²) in [6, 6.07) is 5.75. The van der Waals surface area contributed by atoms with Crippen LogP contribution in [0.2, 0.25) is 0 Å². The summed E-state index contributed by atoms with van der Waals surface area (Å²) in [6.45, 7) is 3.76. The van der Waals surface area contributed by atoms with Crippen LogP contribution in [0.1, 0.15) is 16.7 Å². The lowest BCUT2D eigenvalue weighted by Gasteiger charge is -2.05. The van der Waals surface area contributed by atoms with Crippen LogP contribution in [0.5, 0.6) is 0 Å². The molecule has 15 heavy (non-hydrogen) atoms. The van der Waals surface area contributed by atoms with Crippen molar-refractivity contribution in [2.45, 2.75) is 20.5 Å². The van der Waals surface area contributed by atoms with Gasteiger partial charge in [-0.25, -0.2) is 0 Å². The van der Waals surface area contributed by atoms with Gasteiger partial charge in [0.1, 0.15) is 0 Å². The lowest BCUT2D eigenvalue weighted by molar-refractivity contribution is 0.280. The molecule has 0 unspecified atom stereocenters. The van der Waals surface area contributed by atoms with Gasteiger partial charge >= 0.3 is 0 Å². The lowest BCUT2D eigenvalue weighted by Crippen LogP contribution is -2.12. The summed E-state index contributed by atoms with van der Waals surface area (Å²) in [5.74, 6) is 0. The Kier molecular flexibility index (Phi) is 2.32. The zero-order valence-electron chi connectivity index (χ0n) is 8.79. The molecule has 78 valence electrons. The lowest BCUT2D eigenvalue weighted by atomic mass is 10.0. The Morgan fingerprint density at radius 3 is 2.67 bits per heavy atom.